The highest BCUT2D eigenvalue weighted by atomic mass is 16.4. The number of rotatable bonds is 2. The number of aromatic nitrogens is 4. The van der Waals surface area contributed by atoms with Gasteiger partial charge in [-0.15, -0.1) is 0 Å². The van der Waals surface area contributed by atoms with Crippen molar-refractivity contribution in [2.24, 2.45) is 0 Å². The number of carbonyl (C=O) groups is 1. The van der Waals surface area contributed by atoms with Crippen LogP contribution < -0.4 is 0 Å². The third-order valence-electron chi connectivity index (χ3n) is 2.81. The fraction of sp³-hybridized carbons (Fsp3) is 0.0769. The van der Waals surface area contributed by atoms with E-state index >= 15 is 0 Å². The standard InChI is InChI=1S/C13H10N4O2/c1-7-3-2-4-8(5-7)10-9-6-14-12(13(18)19)15-11(9)17-16-10/h2-6H,1H3,(H,18,19)(H,14,15,16,17). The smallest absolute Gasteiger partial charge is 0.374 e. The molecule has 3 rings (SSSR count). The minimum Gasteiger partial charge on any atom is -0.475 e. The molecule has 3 aromatic rings. The number of nitrogens with zero attached hydrogens (tertiary/aromatic N) is 3. The molecule has 0 unspecified atom stereocenters. The minimum absolute atomic E-state index is 0.255. The van der Waals surface area contributed by atoms with E-state index < -0.39 is 5.97 Å². The van der Waals surface area contributed by atoms with Gasteiger partial charge in [0.15, 0.2) is 5.65 Å². The Hall–Kier alpha value is -2.76. The van der Waals surface area contributed by atoms with Gasteiger partial charge in [0.2, 0.25) is 5.82 Å². The van der Waals surface area contributed by atoms with Crippen LogP contribution in [0.3, 0.4) is 0 Å². The van der Waals surface area contributed by atoms with Gasteiger partial charge in [-0.3, -0.25) is 5.10 Å². The average molecular weight is 254 g/mol. The van der Waals surface area contributed by atoms with Gasteiger partial charge in [0.05, 0.1) is 11.1 Å². The fourth-order valence-electron chi connectivity index (χ4n) is 1.93. The molecule has 0 atom stereocenters. The predicted molar refractivity (Wildman–Crippen MR) is 68.8 cm³/mol. The SMILES string of the molecule is Cc1cccc(-c2[nH]nc3nc(C(=O)O)ncc23)c1. The monoisotopic (exact) mass is 254 g/mol. The van der Waals surface area contributed by atoms with Crippen LogP contribution in [0, 0.1) is 6.92 Å². The van der Waals surface area contributed by atoms with Crippen molar-refractivity contribution in [3.05, 3.63) is 41.9 Å². The maximum Gasteiger partial charge on any atom is 0.374 e. The predicted octanol–water partition coefficient (Wildman–Crippen LogP) is 2.03. The Morgan fingerprint density at radius 3 is 2.95 bits per heavy atom. The molecule has 6 nitrogen and oxygen atoms in total. The van der Waals surface area contributed by atoms with Crippen molar-refractivity contribution < 1.29 is 9.90 Å². The van der Waals surface area contributed by atoms with Gasteiger partial charge < -0.3 is 5.11 Å². The Morgan fingerprint density at radius 2 is 2.21 bits per heavy atom. The van der Waals surface area contributed by atoms with Crippen LogP contribution in [0.15, 0.2) is 30.5 Å². The van der Waals surface area contributed by atoms with Crippen molar-refractivity contribution in [1.82, 2.24) is 20.2 Å². The van der Waals surface area contributed by atoms with E-state index in [-0.39, 0.29) is 5.82 Å². The molecule has 0 radical (unpaired) electrons. The molecule has 6 heteroatoms. The zero-order valence-corrected chi connectivity index (χ0v) is 10.1. The number of carboxylic acid groups (broad SMARTS) is 1. The van der Waals surface area contributed by atoms with Crippen molar-refractivity contribution in [1.29, 1.82) is 0 Å². The number of carboxylic acids is 1. The zero-order valence-electron chi connectivity index (χ0n) is 10.1. The molecule has 0 bridgehead atoms. The molecule has 0 aliphatic heterocycles. The van der Waals surface area contributed by atoms with Crippen LogP contribution >= 0.6 is 0 Å². The third-order valence-corrected chi connectivity index (χ3v) is 2.81. The van der Waals surface area contributed by atoms with Crippen molar-refractivity contribution in [3.8, 4) is 11.3 Å². The Kier molecular flexibility index (Phi) is 2.49. The van der Waals surface area contributed by atoms with E-state index in [9.17, 15) is 4.79 Å². The Morgan fingerprint density at radius 1 is 1.37 bits per heavy atom. The summed E-state index contributed by atoms with van der Waals surface area (Å²) < 4.78 is 0. The molecular formula is C13H10N4O2. The van der Waals surface area contributed by atoms with Gasteiger partial charge in [0.1, 0.15) is 0 Å². The van der Waals surface area contributed by atoms with Crippen LogP contribution in [0.4, 0.5) is 0 Å². The second-order valence-corrected chi connectivity index (χ2v) is 4.20. The highest BCUT2D eigenvalue weighted by molar-refractivity contribution is 5.92. The number of benzene rings is 1. The molecule has 2 heterocycles. The van der Waals surface area contributed by atoms with Gasteiger partial charge in [-0.25, -0.2) is 14.8 Å². The molecule has 0 amide bonds. The van der Waals surface area contributed by atoms with Crippen LogP contribution in [0.25, 0.3) is 22.3 Å². The summed E-state index contributed by atoms with van der Waals surface area (Å²) in [4.78, 5) is 18.5. The molecule has 0 spiro atoms. The molecule has 94 valence electrons. The molecule has 2 N–H and O–H groups in total. The van der Waals surface area contributed by atoms with E-state index in [4.69, 9.17) is 5.11 Å². The number of H-pyrrole nitrogens is 1. The first kappa shape index (κ1) is 11.3. The van der Waals surface area contributed by atoms with Crippen molar-refractivity contribution in [3.63, 3.8) is 0 Å². The zero-order chi connectivity index (χ0) is 13.4. The van der Waals surface area contributed by atoms with Crippen LogP contribution in [0.2, 0.25) is 0 Å². The lowest BCUT2D eigenvalue weighted by molar-refractivity contribution is 0.0684. The van der Waals surface area contributed by atoms with Gasteiger partial charge in [-0.2, -0.15) is 5.10 Å². The number of aryl methyl sites for hydroxylation is 1. The lowest BCUT2D eigenvalue weighted by Crippen LogP contribution is -2.03. The van der Waals surface area contributed by atoms with Crippen LogP contribution in [-0.2, 0) is 0 Å². The molecule has 19 heavy (non-hydrogen) atoms. The number of fused-ring (bicyclic) bond motifs is 1. The number of hydrogen-bond acceptors (Lipinski definition) is 4. The molecule has 0 aliphatic carbocycles. The first-order valence-electron chi connectivity index (χ1n) is 5.66. The van der Waals surface area contributed by atoms with E-state index in [1.165, 1.54) is 6.20 Å². The van der Waals surface area contributed by atoms with E-state index in [0.717, 1.165) is 16.8 Å². The first-order chi connectivity index (χ1) is 9.15. The summed E-state index contributed by atoms with van der Waals surface area (Å²) >= 11 is 0. The molecule has 1 aromatic carbocycles. The van der Waals surface area contributed by atoms with E-state index in [1.54, 1.807) is 0 Å². The lowest BCUT2D eigenvalue weighted by atomic mass is 10.1. The summed E-state index contributed by atoms with van der Waals surface area (Å²) in [6.07, 6.45) is 1.48. The second kappa shape index (κ2) is 4.16. The molecule has 0 saturated carbocycles. The summed E-state index contributed by atoms with van der Waals surface area (Å²) in [5, 5.41) is 16.5. The number of nitrogens with one attached hydrogen (secondary N) is 1. The minimum atomic E-state index is -1.16. The highest BCUT2D eigenvalue weighted by Gasteiger charge is 2.13. The summed E-state index contributed by atoms with van der Waals surface area (Å²) in [6, 6.07) is 7.91. The number of aromatic amines is 1. The van der Waals surface area contributed by atoms with E-state index in [1.807, 2.05) is 31.2 Å². The maximum atomic E-state index is 10.8. The topological polar surface area (TPSA) is 91.8 Å². The maximum absolute atomic E-state index is 10.8. The summed E-state index contributed by atoms with van der Waals surface area (Å²) in [5.74, 6) is -1.42. The molecule has 0 fully saturated rings. The van der Waals surface area contributed by atoms with Gasteiger partial charge in [0.25, 0.3) is 0 Å². The summed E-state index contributed by atoms with van der Waals surface area (Å²) in [7, 11) is 0. The quantitative estimate of drug-likeness (QED) is 0.730. The fourth-order valence-corrected chi connectivity index (χ4v) is 1.93. The van der Waals surface area contributed by atoms with Crippen molar-refractivity contribution in [2.45, 2.75) is 6.92 Å². The highest BCUT2D eigenvalue weighted by Crippen LogP contribution is 2.25. The molecule has 2 aromatic heterocycles. The first-order valence-corrected chi connectivity index (χ1v) is 5.66. The van der Waals surface area contributed by atoms with Gasteiger partial charge >= 0.3 is 5.97 Å². The van der Waals surface area contributed by atoms with E-state index in [0.29, 0.717) is 11.0 Å². The van der Waals surface area contributed by atoms with E-state index in [2.05, 4.69) is 20.2 Å². The van der Waals surface area contributed by atoms with Gasteiger partial charge in [-0.05, 0) is 13.0 Å². The van der Waals surface area contributed by atoms with Crippen molar-refractivity contribution in [2.75, 3.05) is 0 Å². The third kappa shape index (κ3) is 1.93. The summed E-state index contributed by atoms with van der Waals surface area (Å²) in [5.41, 5.74) is 3.23. The normalized spacial score (nSPS) is 10.8. The average Bonchev–Trinajstić information content (AvgIpc) is 2.81. The Bertz CT molecular complexity index is 779. The van der Waals surface area contributed by atoms with Crippen molar-refractivity contribution >= 4 is 17.0 Å². The molecule has 0 aliphatic rings. The Labute approximate surface area is 108 Å². The van der Waals surface area contributed by atoms with Gasteiger partial charge in [-0.1, -0.05) is 23.8 Å². The number of hydrogen-bond donors (Lipinski definition) is 2. The van der Waals surface area contributed by atoms with Gasteiger partial charge in [0, 0.05) is 11.8 Å². The number of aromatic carboxylic acids is 1. The summed E-state index contributed by atoms with van der Waals surface area (Å²) in [6.45, 7) is 2.00. The van der Waals surface area contributed by atoms with Crippen LogP contribution in [-0.4, -0.2) is 31.2 Å². The Balaban J connectivity index is 2.18. The van der Waals surface area contributed by atoms with Crippen LogP contribution in [0.5, 0.6) is 0 Å². The largest absolute Gasteiger partial charge is 0.475 e. The van der Waals surface area contributed by atoms with Crippen LogP contribution in [0.1, 0.15) is 16.2 Å². The lowest BCUT2D eigenvalue weighted by Gasteiger charge is -2.00. The molecule has 0 saturated heterocycles. The molecular weight excluding hydrogens is 244 g/mol. The second-order valence-electron chi connectivity index (χ2n) is 4.20.